The lowest BCUT2D eigenvalue weighted by molar-refractivity contribution is -0.121. The number of carbonyl (C=O) groups is 2. The van der Waals surface area contributed by atoms with Gasteiger partial charge in [-0.1, -0.05) is 6.08 Å². The van der Waals surface area contributed by atoms with E-state index in [-0.39, 0.29) is 5.91 Å². The topological polar surface area (TPSA) is 49.4 Å². The van der Waals surface area contributed by atoms with Crippen LogP contribution in [0.15, 0.2) is 12.2 Å². The van der Waals surface area contributed by atoms with Gasteiger partial charge in [0.15, 0.2) is 0 Å². The van der Waals surface area contributed by atoms with Crippen molar-refractivity contribution in [2.75, 3.05) is 20.6 Å². The summed E-state index contributed by atoms with van der Waals surface area (Å²) in [7, 11) is 4.01. The minimum absolute atomic E-state index is 0.361. The van der Waals surface area contributed by atoms with E-state index >= 15 is 0 Å². The molecule has 0 aromatic carbocycles. The highest BCUT2D eigenvalue weighted by Crippen LogP contribution is 1.91. The van der Waals surface area contributed by atoms with Crippen LogP contribution in [0, 0.1) is 0 Å². The number of amides is 2. The molecule has 4 heteroatoms. The Morgan fingerprint density at radius 3 is 2.69 bits per heavy atom. The number of rotatable bonds is 6. The van der Waals surface area contributed by atoms with Crippen LogP contribution in [0.5, 0.6) is 0 Å². The summed E-state index contributed by atoms with van der Waals surface area (Å²) in [5.41, 5.74) is 0. The zero-order valence-electron chi connectivity index (χ0n) is 8.12. The number of hydrogen-bond acceptors (Lipinski definition) is 3. The molecule has 74 valence electrons. The first-order valence-corrected chi connectivity index (χ1v) is 4.22. The van der Waals surface area contributed by atoms with Gasteiger partial charge in [-0.2, -0.15) is 0 Å². The molecule has 0 bridgehead atoms. The molecule has 1 N–H and O–H groups in total. The molecule has 0 fully saturated rings. The van der Waals surface area contributed by atoms with Crippen LogP contribution in [0.25, 0.3) is 0 Å². The highest BCUT2D eigenvalue weighted by Gasteiger charge is 1.91. The first kappa shape index (κ1) is 11.8. The third-order valence-corrected chi connectivity index (χ3v) is 1.45. The molecule has 0 heterocycles. The maximum Gasteiger partial charge on any atom is 0.250 e. The fourth-order valence-electron chi connectivity index (χ4n) is 0.822. The molecule has 0 aliphatic heterocycles. The van der Waals surface area contributed by atoms with E-state index in [4.69, 9.17) is 0 Å². The van der Waals surface area contributed by atoms with Crippen molar-refractivity contribution in [3.05, 3.63) is 12.2 Å². The molecule has 0 radical (unpaired) electrons. The van der Waals surface area contributed by atoms with Gasteiger partial charge in [0, 0.05) is 0 Å². The lowest BCUT2D eigenvalue weighted by atomic mass is 10.3. The third-order valence-electron chi connectivity index (χ3n) is 1.45. The third kappa shape index (κ3) is 8.75. The Labute approximate surface area is 78.6 Å². The number of carbonyl (C=O) groups excluding carboxylic acids is 2. The molecule has 0 aromatic heterocycles. The number of unbranched alkanes of at least 4 members (excludes halogenated alkanes) is 1. The summed E-state index contributed by atoms with van der Waals surface area (Å²) >= 11 is 0. The predicted molar refractivity (Wildman–Crippen MR) is 51.1 cm³/mol. The second-order valence-electron chi connectivity index (χ2n) is 2.97. The van der Waals surface area contributed by atoms with Gasteiger partial charge in [-0.05, 0) is 39.6 Å². The molecule has 0 aliphatic carbocycles. The quantitative estimate of drug-likeness (QED) is 0.363. The van der Waals surface area contributed by atoms with Crippen molar-refractivity contribution in [3.8, 4) is 0 Å². The van der Waals surface area contributed by atoms with Gasteiger partial charge in [0.25, 0.3) is 0 Å². The van der Waals surface area contributed by atoms with Crippen LogP contribution in [-0.2, 0) is 9.59 Å². The van der Waals surface area contributed by atoms with E-state index < -0.39 is 0 Å². The summed E-state index contributed by atoms with van der Waals surface area (Å²) in [5, 5.41) is 2.03. The number of nitrogens with zero attached hydrogens (tertiary/aromatic N) is 1. The number of allylic oxidation sites excluding steroid dienone is 1. The number of hydrogen-bond donors (Lipinski definition) is 1. The second-order valence-corrected chi connectivity index (χ2v) is 2.97. The van der Waals surface area contributed by atoms with Crippen LogP contribution in [0.2, 0.25) is 0 Å². The maximum absolute atomic E-state index is 10.7. The van der Waals surface area contributed by atoms with Gasteiger partial charge >= 0.3 is 0 Å². The highest BCUT2D eigenvalue weighted by atomic mass is 16.2. The van der Waals surface area contributed by atoms with Crippen molar-refractivity contribution in [3.63, 3.8) is 0 Å². The minimum Gasteiger partial charge on any atom is -0.309 e. The molecule has 2 amide bonds. The molecule has 0 rings (SSSR count). The molecule has 0 saturated heterocycles. The van der Waals surface area contributed by atoms with Crippen molar-refractivity contribution in [1.29, 1.82) is 0 Å². The second kappa shape index (κ2) is 7.49. The molecule has 4 nitrogen and oxygen atoms in total. The molecule has 0 spiro atoms. The van der Waals surface area contributed by atoms with E-state index in [0.717, 1.165) is 19.4 Å². The zero-order chi connectivity index (χ0) is 10.1. The van der Waals surface area contributed by atoms with Crippen LogP contribution in [0.1, 0.15) is 12.8 Å². The van der Waals surface area contributed by atoms with E-state index in [1.54, 1.807) is 6.08 Å². The van der Waals surface area contributed by atoms with E-state index in [0.29, 0.717) is 6.41 Å². The summed E-state index contributed by atoms with van der Waals surface area (Å²) in [6.07, 6.45) is 5.39. The smallest absolute Gasteiger partial charge is 0.250 e. The van der Waals surface area contributed by atoms with Crippen molar-refractivity contribution < 1.29 is 9.59 Å². The SMILES string of the molecule is CN(C)CCCC=CC(=O)NC=O. The standard InChI is InChI=1S/C9H16N2O2/c1-11(2)7-5-3-4-6-9(13)10-8-12/h4,6,8H,3,5,7H2,1-2H3,(H,10,12,13). The summed E-state index contributed by atoms with van der Waals surface area (Å²) in [6, 6.07) is 0. The molecular formula is C9H16N2O2. The van der Waals surface area contributed by atoms with E-state index in [9.17, 15) is 9.59 Å². The van der Waals surface area contributed by atoms with Gasteiger partial charge in [-0.25, -0.2) is 0 Å². The molecule has 0 aromatic rings. The Hall–Kier alpha value is -1.16. The monoisotopic (exact) mass is 184 g/mol. The largest absolute Gasteiger partial charge is 0.309 e. The normalized spacial score (nSPS) is 10.7. The van der Waals surface area contributed by atoms with Crippen molar-refractivity contribution in [2.24, 2.45) is 0 Å². The van der Waals surface area contributed by atoms with Gasteiger partial charge in [-0.15, -0.1) is 0 Å². The first-order chi connectivity index (χ1) is 6.16. The van der Waals surface area contributed by atoms with Gasteiger partial charge in [0.2, 0.25) is 12.3 Å². The first-order valence-electron chi connectivity index (χ1n) is 4.22. The van der Waals surface area contributed by atoms with Crippen LogP contribution in [-0.4, -0.2) is 37.9 Å². The average Bonchev–Trinajstić information content (AvgIpc) is 2.03. The van der Waals surface area contributed by atoms with E-state index in [2.05, 4.69) is 4.90 Å². The molecule has 0 atom stereocenters. The van der Waals surface area contributed by atoms with Gasteiger partial charge < -0.3 is 4.90 Å². The molecule has 0 saturated carbocycles. The van der Waals surface area contributed by atoms with Crippen molar-refractivity contribution >= 4 is 12.3 Å². The van der Waals surface area contributed by atoms with E-state index in [1.807, 2.05) is 19.4 Å². The Morgan fingerprint density at radius 1 is 1.46 bits per heavy atom. The Balaban J connectivity index is 3.40. The fourth-order valence-corrected chi connectivity index (χ4v) is 0.822. The number of imide groups is 1. The summed E-state index contributed by atoms with van der Waals surface area (Å²) in [4.78, 5) is 22.6. The summed E-state index contributed by atoms with van der Waals surface area (Å²) in [6.45, 7) is 1.000. The zero-order valence-corrected chi connectivity index (χ0v) is 8.12. The van der Waals surface area contributed by atoms with Crippen LogP contribution < -0.4 is 5.32 Å². The lowest BCUT2D eigenvalue weighted by Crippen LogP contribution is -2.18. The van der Waals surface area contributed by atoms with Crippen LogP contribution >= 0.6 is 0 Å². The minimum atomic E-state index is -0.361. The Morgan fingerprint density at radius 2 is 2.15 bits per heavy atom. The maximum atomic E-state index is 10.7. The van der Waals surface area contributed by atoms with Gasteiger partial charge in [0.1, 0.15) is 0 Å². The predicted octanol–water partition coefficient (Wildman–Crippen LogP) is 0.157. The summed E-state index contributed by atoms with van der Waals surface area (Å²) < 4.78 is 0. The van der Waals surface area contributed by atoms with Gasteiger partial charge in [-0.3, -0.25) is 14.9 Å². The molecular weight excluding hydrogens is 168 g/mol. The van der Waals surface area contributed by atoms with Crippen molar-refractivity contribution in [1.82, 2.24) is 10.2 Å². The Kier molecular flexibility index (Phi) is 6.82. The Bertz CT molecular complexity index is 188. The van der Waals surface area contributed by atoms with E-state index in [1.165, 1.54) is 6.08 Å². The summed E-state index contributed by atoms with van der Waals surface area (Å²) in [5.74, 6) is -0.361. The van der Waals surface area contributed by atoms with Crippen molar-refractivity contribution in [2.45, 2.75) is 12.8 Å². The van der Waals surface area contributed by atoms with Gasteiger partial charge in [0.05, 0.1) is 0 Å². The average molecular weight is 184 g/mol. The molecule has 13 heavy (non-hydrogen) atoms. The molecule has 0 aliphatic rings. The lowest BCUT2D eigenvalue weighted by Gasteiger charge is -2.06. The highest BCUT2D eigenvalue weighted by molar-refractivity contribution is 5.94. The fraction of sp³-hybridized carbons (Fsp3) is 0.556. The van der Waals surface area contributed by atoms with Crippen LogP contribution in [0.4, 0.5) is 0 Å². The number of nitrogens with one attached hydrogen (secondary N) is 1. The van der Waals surface area contributed by atoms with Crippen LogP contribution in [0.3, 0.4) is 0 Å². The molecule has 0 unspecified atom stereocenters.